The van der Waals surface area contributed by atoms with E-state index in [0.29, 0.717) is 0 Å². The Morgan fingerprint density at radius 2 is 1.45 bits per heavy atom. The van der Waals surface area contributed by atoms with E-state index in [1.807, 2.05) is 36.4 Å². The fourth-order valence-corrected chi connectivity index (χ4v) is 3.26. The molecule has 1 amide bonds. The lowest BCUT2D eigenvalue weighted by Gasteiger charge is -2.12. The van der Waals surface area contributed by atoms with Gasteiger partial charge in [0.25, 0.3) is 5.91 Å². The summed E-state index contributed by atoms with van der Waals surface area (Å²) in [6.45, 7) is 0. The molecule has 1 N–H and O–H groups in total. The standard InChI is InChI=1S/C20H17NO/c22-20(18-10-9-14-5-1-2-6-15(14)11-18)21-19-12-16-7-3-4-8-17(16)13-19/h1-11,19H,12-13H2,(H,21,22). The Labute approximate surface area is 129 Å². The van der Waals surface area contributed by atoms with Gasteiger partial charge in [-0.2, -0.15) is 0 Å². The first-order chi connectivity index (χ1) is 10.8. The highest BCUT2D eigenvalue weighted by Crippen LogP contribution is 2.22. The Hall–Kier alpha value is -2.61. The number of carbonyl (C=O) groups excluding carboxylic acids is 1. The minimum Gasteiger partial charge on any atom is -0.349 e. The molecule has 22 heavy (non-hydrogen) atoms. The number of carbonyl (C=O) groups is 1. The summed E-state index contributed by atoms with van der Waals surface area (Å²) in [7, 11) is 0. The van der Waals surface area contributed by atoms with Crippen LogP contribution in [0, 0.1) is 0 Å². The van der Waals surface area contributed by atoms with Crippen molar-refractivity contribution in [3.05, 3.63) is 83.4 Å². The number of amides is 1. The van der Waals surface area contributed by atoms with Gasteiger partial charge in [0.1, 0.15) is 0 Å². The first-order valence-corrected chi connectivity index (χ1v) is 7.66. The molecule has 0 saturated carbocycles. The zero-order chi connectivity index (χ0) is 14.9. The fourth-order valence-electron chi connectivity index (χ4n) is 3.26. The van der Waals surface area contributed by atoms with Crippen molar-refractivity contribution in [2.24, 2.45) is 0 Å². The van der Waals surface area contributed by atoms with Crippen molar-refractivity contribution in [1.82, 2.24) is 5.32 Å². The first kappa shape index (κ1) is 13.1. The minimum atomic E-state index is 0.0172. The summed E-state index contributed by atoms with van der Waals surface area (Å²) in [6, 6.07) is 22.6. The lowest BCUT2D eigenvalue weighted by atomic mass is 10.1. The Bertz CT molecular complexity index is 828. The summed E-state index contributed by atoms with van der Waals surface area (Å²) in [6.07, 6.45) is 1.85. The molecule has 2 heteroatoms. The average Bonchev–Trinajstić information content (AvgIpc) is 2.96. The normalized spacial score (nSPS) is 14.0. The maximum Gasteiger partial charge on any atom is 0.251 e. The van der Waals surface area contributed by atoms with E-state index in [2.05, 4.69) is 35.6 Å². The molecule has 0 saturated heterocycles. The van der Waals surface area contributed by atoms with Crippen molar-refractivity contribution in [2.45, 2.75) is 18.9 Å². The molecule has 2 nitrogen and oxygen atoms in total. The van der Waals surface area contributed by atoms with Crippen LogP contribution in [0.4, 0.5) is 0 Å². The average molecular weight is 287 g/mol. The van der Waals surface area contributed by atoms with Gasteiger partial charge in [-0.25, -0.2) is 0 Å². The quantitative estimate of drug-likeness (QED) is 0.764. The maximum absolute atomic E-state index is 12.5. The summed E-state index contributed by atoms with van der Waals surface area (Å²) in [5.74, 6) is 0.0172. The molecule has 0 fully saturated rings. The number of benzene rings is 3. The summed E-state index contributed by atoms with van der Waals surface area (Å²) in [4.78, 5) is 12.5. The molecule has 0 radical (unpaired) electrons. The summed E-state index contributed by atoms with van der Waals surface area (Å²) < 4.78 is 0. The second kappa shape index (κ2) is 5.30. The van der Waals surface area contributed by atoms with Gasteiger partial charge in [-0.05, 0) is 46.9 Å². The van der Waals surface area contributed by atoms with E-state index < -0.39 is 0 Å². The van der Waals surface area contributed by atoms with Gasteiger partial charge in [0, 0.05) is 11.6 Å². The zero-order valence-electron chi connectivity index (χ0n) is 12.3. The van der Waals surface area contributed by atoms with Crippen LogP contribution in [0.1, 0.15) is 21.5 Å². The molecule has 1 aliphatic rings. The van der Waals surface area contributed by atoms with E-state index in [9.17, 15) is 4.79 Å². The fraction of sp³-hybridized carbons (Fsp3) is 0.150. The van der Waals surface area contributed by atoms with Gasteiger partial charge < -0.3 is 5.32 Å². The van der Waals surface area contributed by atoms with E-state index in [0.717, 1.165) is 29.2 Å². The molecule has 108 valence electrons. The van der Waals surface area contributed by atoms with Gasteiger partial charge in [-0.1, -0.05) is 54.6 Å². The van der Waals surface area contributed by atoms with E-state index in [1.165, 1.54) is 11.1 Å². The molecule has 3 aromatic rings. The van der Waals surface area contributed by atoms with Gasteiger partial charge in [0.15, 0.2) is 0 Å². The van der Waals surface area contributed by atoms with Crippen LogP contribution in [0.5, 0.6) is 0 Å². The van der Waals surface area contributed by atoms with Crippen molar-refractivity contribution in [3.63, 3.8) is 0 Å². The third kappa shape index (κ3) is 2.37. The second-order valence-corrected chi connectivity index (χ2v) is 5.91. The number of hydrogen-bond donors (Lipinski definition) is 1. The highest BCUT2D eigenvalue weighted by molar-refractivity contribution is 5.98. The van der Waals surface area contributed by atoms with Gasteiger partial charge in [0.05, 0.1) is 0 Å². The first-order valence-electron chi connectivity index (χ1n) is 7.66. The van der Waals surface area contributed by atoms with Crippen LogP contribution in [0.25, 0.3) is 10.8 Å². The molecular formula is C20H17NO. The molecule has 0 bridgehead atoms. The van der Waals surface area contributed by atoms with Crippen molar-refractivity contribution in [2.75, 3.05) is 0 Å². The van der Waals surface area contributed by atoms with E-state index in [1.54, 1.807) is 0 Å². The lowest BCUT2D eigenvalue weighted by Crippen LogP contribution is -2.35. The SMILES string of the molecule is O=C(NC1Cc2ccccc2C1)c1ccc2ccccc2c1. The van der Waals surface area contributed by atoms with Crippen LogP contribution in [-0.2, 0) is 12.8 Å². The van der Waals surface area contributed by atoms with Crippen molar-refractivity contribution in [3.8, 4) is 0 Å². The van der Waals surface area contributed by atoms with Crippen molar-refractivity contribution >= 4 is 16.7 Å². The van der Waals surface area contributed by atoms with Crippen LogP contribution in [-0.4, -0.2) is 11.9 Å². The largest absolute Gasteiger partial charge is 0.349 e. The zero-order valence-corrected chi connectivity index (χ0v) is 12.3. The molecule has 0 aliphatic heterocycles. The van der Waals surface area contributed by atoms with Crippen LogP contribution < -0.4 is 5.32 Å². The Kier molecular flexibility index (Phi) is 3.15. The minimum absolute atomic E-state index is 0.0172. The summed E-state index contributed by atoms with van der Waals surface area (Å²) in [5, 5.41) is 5.43. The molecule has 0 atom stereocenters. The van der Waals surface area contributed by atoms with Crippen molar-refractivity contribution in [1.29, 1.82) is 0 Å². The van der Waals surface area contributed by atoms with Crippen molar-refractivity contribution < 1.29 is 4.79 Å². The van der Waals surface area contributed by atoms with E-state index in [-0.39, 0.29) is 11.9 Å². The molecule has 0 aromatic heterocycles. The summed E-state index contributed by atoms with van der Waals surface area (Å²) >= 11 is 0. The Balaban J connectivity index is 1.52. The molecule has 0 heterocycles. The lowest BCUT2D eigenvalue weighted by molar-refractivity contribution is 0.0938. The monoisotopic (exact) mass is 287 g/mol. The third-order valence-electron chi connectivity index (χ3n) is 4.40. The smallest absolute Gasteiger partial charge is 0.251 e. The summed E-state index contributed by atoms with van der Waals surface area (Å²) in [5.41, 5.74) is 3.44. The highest BCUT2D eigenvalue weighted by Gasteiger charge is 2.22. The van der Waals surface area contributed by atoms with Gasteiger partial charge in [0.2, 0.25) is 0 Å². The van der Waals surface area contributed by atoms with Crippen LogP contribution in [0.2, 0.25) is 0 Å². The van der Waals surface area contributed by atoms with Crippen LogP contribution >= 0.6 is 0 Å². The third-order valence-corrected chi connectivity index (χ3v) is 4.40. The van der Waals surface area contributed by atoms with E-state index in [4.69, 9.17) is 0 Å². The Morgan fingerprint density at radius 1 is 0.818 bits per heavy atom. The molecule has 0 unspecified atom stereocenters. The maximum atomic E-state index is 12.5. The number of hydrogen-bond acceptors (Lipinski definition) is 1. The predicted octanol–water partition coefficient (Wildman–Crippen LogP) is 3.74. The van der Waals surface area contributed by atoms with Gasteiger partial charge >= 0.3 is 0 Å². The van der Waals surface area contributed by atoms with Gasteiger partial charge in [-0.15, -0.1) is 0 Å². The molecule has 0 spiro atoms. The van der Waals surface area contributed by atoms with Gasteiger partial charge in [-0.3, -0.25) is 4.79 Å². The topological polar surface area (TPSA) is 29.1 Å². The molecule has 1 aliphatic carbocycles. The van der Waals surface area contributed by atoms with E-state index >= 15 is 0 Å². The second-order valence-electron chi connectivity index (χ2n) is 5.91. The predicted molar refractivity (Wildman–Crippen MR) is 89.1 cm³/mol. The number of rotatable bonds is 2. The number of fused-ring (bicyclic) bond motifs is 2. The molecule has 4 rings (SSSR count). The van der Waals surface area contributed by atoms with Crippen LogP contribution in [0.3, 0.4) is 0 Å². The van der Waals surface area contributed by atoms with Crippen LogP contribution in [0.15, 0.2) is 66.7 Å². The molecular weight excluding hydrogens is 270 g/mol. The molecule has 3 aromatic carbocycles. The highest BCUT2D eigenvalue weighted by atomic mass is 16.1. The Morgan fingerprint density at radius 3 is 2.18 bits per heavy atom. The number of nitrogens with one attached hydrogen (secondary N) is 1.